The average Bonchev–Trinajstić information content (AvgIpc) is 2.35. The Labute approximate surface area is 108 Å². The first-order valence-corrected chi connectivity index (χ1v) is 5.49. The number of nitrogens with zero attached hydrogens (tertiary/aromatic N) is 1. The summed E-state index contributed by atoms with van der Waals surface area (Å²) in [7, 11) is 0. The number of hydrogen-bond acceptors (Lipinski definition) is 5. The molecule has 0 unspecified atom stereocenters. The maximum atomic E-state index is 11.3. The molecule has 1 aromatic carbocycles. The van der Waals surface area contributed by atoms with E-state index >= 15 is 0 Å². The van der Waals surface area contributed by atoms with Crippen LogP contribution in [0.4, 0.5) is 5.69 Å². The fourth-order valence-electron chi connectivity index (χ4n) is 1.34. The van der Waals surface area contributed by atoms with Crippen LogP contribution in [0.3, 0.4) is 0 Å². The van der Waals surface area contributed by atoms with E-state index in [4.69, 9.17) is 27.8 Å². The van der Waals surface area contributed by atoms with E-state index in [-0.39, 0.29) is 11.6 Å². The van der Waals surface area contributed by atoms with Gasteiger partial charge in [-0.1, -0.05) is 17.7 Å². The van der Waals surface area contributed by atoms with Gasteiger partial charge in [-0.25, -0.2) is 4.98 Å². The quantitative estimate of drug-likeness (QED) is 0.775. The normalized spacial score (nSPS) is 10.3. The van der Waals surface area contributed by atoms with E-state index in [1.165, 1.54) is 6.33 Å². The van der Waals surface area contributed by atoms with E-state index in [1.807, 2.05) is 0 Å². The Morgan fingerprint density at radius 2 is 2.22 bits per heavy atom. The third-order valence-electron chi connectivity index (χ3n) is 2.31. The van der Waals surface area contributed by atoms with Crippen molar-refractivity contribution in [1.29, 1.82) is 0 Å². The van der Waals surface area contributed by atoms with Crippen LogP contribution in [0.5, 0.6) is 11.6 Å². The molecular weight excluding hydrogens is 256 g/mol. The number of aromatic nitrogens is 2. The molecule has 0 atom stereocenters. The van der Waals surface area contributed by atoms with E-state index in [2.05, 4.69) is 9.97 Å². The summed E-state index contributed by atoms with van der Waals surface area (Å²) >= 11 is 5.99. The Hall–Kier alpha value is -2.05. The molecule has 6 nitrogen and oxygen atoms in total. The molecule has 0 aliphatic rings. The van der Waals surface area contributed by atoms with Gasteiger partial charge >= 0.3 is 0 Å². The fraction of sp³-hybridized carbons (Fsp3) is 0.0909. The molecule has 94 valence electrons. The second-order valence-corrected chi connectivity index (χ2v) is 3.92. The summed E-state index contributed by atoms with van der Waals surface area (Å²) in [6.45, 7) is 0.338. The number of nitrogens with two attached hydrogens (primary N) is 2. The highest BCUT2D eigenvalue weighted by molar-refractivity contribution is 6.31. The molecule has 2 rings (SSSR count). The molecule has 0 saturated carbocycles. The SMILES string of the molecule is NCc1ccc(Oc2nc[nH]c(=O)c2N)cc1Cl. The maximum absolute atomic E-state index is 11.3. The molecule has 7 heteroatoms. The molecule has 0 saturated heterocycles. The van der Waals surface area contributed by atoms with Crippen molar-refractivity contribution in [3.05, 3.63) is 45.5 Å². The summed E-state index contributed by atoms with van der Waals surface area (Å²) in [5.74, 6) is 0.470. The number of H-pyrrole nitrogens is 1. The van der Waals surface area contributed by atoms with Crippen LogP contribution in [-0.2, 0) is 6.54 Å². The largest absolute Gasteiger partial charge is 0.437 e. The highest BCUT2D eigenvalue weighted by Gasteiger charge is 2.08. The molecule has 0 aliphatic heterocycles. The average molecular weight is 267 g/mol. The van der Waals surface area contributed by atoms with Crippen LogP contribution in [0.15, 0.2) is 29.3 Å². The number of halogens is 1. The van der Waals surface area contributed by atoms with Gasteiger partial charge in [-0.05, 0) is 17.7 Å². The lowest BCUT2D eigenvalue weighted by Gasteiger charge is -2.08. The first-order chi connectivity index (χ1) is 8.61. The van der Waals surface area contributed by atoms with Gasteiger partial charge in [-0.3, -0.25) is 4.79 Å². The van der Waals surface area contributed by atoms with Crippen LogP contribution < -0.4 is 21.8 Å². The van der Waals surface area contributed by atoms with Crippen LogP contribution in [0.25, 0.3) is 0 Å². The Kier molecular flexibility index (Phi) is 3.50. The smallest absolute Gasteiger partial charge is 0.277 e. The zero-order chi connectivity index (χ0) is 13.1. The number of aromatic amines is 1. The minimum atomic E-state index is -0.454. The minimum Gasteiger partial charge on any atom is -0.437 e. The lowest BCUT2D eigenvalue weighted by atomic mass is 10.2. The highest BCUT2D eigenvalue weighted by atomic mass is 35.5. The van der Waals surface area contributed by atoms with Crippen molar-refractivity contribution in [2.24, 2.45) is 5.73 Å². The molecule has 18 heavy (non-hydrogen) atoms. The predicted molar refractivity (Wildman–Crippen MR) is 68.7 cm³/mol. The summed E-state index contributed by atoms with van der Waals surface area (Å²) in [5.41, 5.74) is 11.3. The van der Waals surface area contributed by atoms with E-state index < -0.39 is 5.56 Å². The van der Waals surface area contributed by atoms with Gasteiger partial charge < -0.3 is 21.2 Å². The molecule has 0 aliphatic carbocycles. The number of anilines is 1. The van der Waals surface area contributed by atoms with Gasteiger partial charge in [0.1, 0.15) is 5.75 Å². The summed E-state index contributed by atoms with van der Waals surface area (Å²) in [5, 5.41) is 0.485. The topological polar surface area (TPSA) is 107 Å². The molecule has 0 radical (unpaired) electrons. The Morgan fingerprint density at radius 1 is 1.44 bits per heavy atom. The number of nitrogen functional groups attached to an aromatic ring is 1. The number of hydrogen-bond donors (Lipinski definition) is 3. The molecule has 0 spiro atoms. The molecule has 1 heterocycles. The van der Waals surface area contributed by atoms with Crippen molar-refractivity contribution in [2.75, 3.05) is 5.73 Å². The molecule has 2 aromatic rings. The maximum Gasteiger partial charge on any atom is 0.277 e. The van der Waals surface area contributed by atoms with E-state index in [9.17, 15) is 4.79 Å². The second-order valence-electron chi connectivity index (χ2n) is 3.51. The number of rotatable bonds is 3. The summed E-state index contributed by atoms with van der Waals surface area (Å²) in [6.07, 6.45) is 1.21. The van der Waals surface area contributed by atoms with Crippen LogP contribution in [0, 0.1) is 0 Å². The van der Waals surface area contributed by atoms with Gasteiger partial charge in [-0.2, -0.15) is 0 Å². The third kappa shape index (κ3) is 2.44. The van der Waals surface area contributed by atoms with Crippen molar-refractivity contribution < 1.29 is 4.74 Å². The third-order valence-corrected chi connectivity index (χ3v) is 2.66. The molecule has 1 aromatic heterocycles. The number of benzene rings is 1. The Bertz CT molecular complexity index is 627. The first-order valence-electron chi connectivity index (χ1n) is 5.11. The van der Waals surface area contributed by atoms with Gasteiger partial charge in [0.25, 0.3) is 5.56 Å². The summed E-state index contributed by atoms with van der Waals surface area (Å²) in [4.78, 5) is 17.4. The lowest BCUT2D eigenvalue weighted by Crippen LogP contribution is -2.13. The van der Waals surface area contributed by atoms with Crippen LogP contribution in [0.2, 0.25) is 5.02 Å². The van der Waals surface area contributed by atoms with Crippen molar-refractivity contribution in [3.63, 3.8) is 0 Å². The highest BCUT2D eigenvalue weighted by Crippen LogP contribution is 2.26. The molecule has 0 bridgehead atoms. The molecule has 0 amide bonds. The van der Waals surface area contributed by atoms with E-state index in [0.29, 0.717) is 17.3 Å². The lowest BCUT2D eigenvalue weighted by molar-refractivity contribution is 0.463. The monoisotopic (exact) mass is 266 g/mol. The van der Waals surface area contributed by atoms with E-state index in [1.54, 1.807) is 18.2 Å². The van der Waals surface area contributed by atoms with Crippen molar-refractivity contribution in [1.82, 2.24) is 9.97 Å². The second kappa shape index (κ2) is 5.07. The van der Waals surface area contributed by atoms with Gasteiger partial charge in [0.05, 0.1) is 6.33 Å². The Morgan fingerprint density at radius 3 is 2.89 bits per heavy atom. The van der Waals surface area contributed by atoms with Gasteiger partial charge in [0, 0.05) is 11.6 Å². The van der Waals surface area contributed by atoms with Gasteiger partial charge in [-0.15, -0.1) is 0 Å². The van der Waals surface area contributed by atoms with Crippen molar-refractivity contribution in [3.8, 4) is 11.6 Å². The van der Waals surface area contributed by atoms with Crippen LogP contribution in [-0.4, -0.2) is 9.97 Å². The first kappa shape index (κ1) is 12.4. The summed E-state index contributed by atoms with van der Waals surface area (Å²) < 4.78 is 5.39. The Balaban J connectivity index is 2.32. The standard InChI is InChI=1S/C11H11ClN4O2/c12-8-3-7(2-1-6(8)4-13)18-11-9(14)10(17)15-5-16-11/h1-3,5H,4,13-14H2,(H,15,16,17). The molecule has 5 N–H and O–H groups in total. The van der Waals surface area contributed by atoms with E-state index in [0.717, 1.165) is 5.56 Å². The minimum absolute atomic E-state index is 0.0373. The van der Waals surface area contributed by atoms with Gasteiger partial charge in [0.15, 0.2) is 5.69 Å². The molecule has 0 fully saturated rings. The zero-order valence-electron chi connectivity index (χ0n) is 9.31. The number of ether oxygens (including phenoxy) is 1. The van der Waals surface area contributed by atoms with Crippen molar-refractivity contribution >= 4 is 17.3 Å². The fourth-order valence-corrected chi connectivity index (χ4v) is 1.59. The van der Waals surface area contributed by atoms with Crippen LogP contribution >= 0.6 is 11.6 Å². The van der Waals surface area contributed by atoms with Crippen molar-refractivity contribution in [2.45, 2.75) is 6.54 Å². The van der Waals surface area contributed by atoms with Gasteiger partial charge in [0.2, 0.25) is 5.88 Å². The zero-order valence-corrected chi connectivity index (χ0v) is 10.1. The summed E-state index contributed by atoms with van der Waals surface area (Å²) in [6, 6.07) is 5.00. The van der Waals surface area contributed by atoms with Crippen LogP contribution in [0.1, 0.15) is 5.56 Å². The number of nitrogens with one attached hydrogen (secondary N) is 1. The predicted octanol–water partition coefficient (Wildman–Crippen LogP) is 1.26. The molecular formula is C11H11ClN4O2.